The second kappa shape index (κ2) is 9.76. The van der Waals surface area contributed by atoms with Crippen LogP contribution in [0, 0.1) is 13.5 Å². The molecule has 1 N–H and O–H groups in total. The molecule has 0 radical (unpaired) electrons. The maximum atomic E-state index is 7.21. The maximum absolute atomic E-state index is 7.21. The van der Waals surface area contributed by atoms with Gasteiger partial charge in [-0.3, -0.25) is 0 Å². The van der Waals surface area contributed by atoms with E-state index in [0.29, 0.717) is 23.9 Å². The highest BCUT2D eigenvalue weighted by Crippen LogP contribution is 2.38. The molecule has 0 saturated carbocycles. The third-order valence-corrected chi connectivity index (χ3v) is 5.35. The molecule has 0 fully saturated rings. The summed E-state index contributed by atoms with van der Waals surface area (Å²) in [5, 5.41) is 3.42. The van der Waals surface area contributed by atoms with Gasteiger partial charge in [-0.25, -0.2) is 14.8 Å². The number of hydrogen-bond acceptors (Lipinski definition) is 4. The average molecular weight is 449 g/mol. The molecule has 0 aliphatic heterocycles. The molecule has 4 rings (SSSR count). The SMILES string of the molecule is [C-]#[N+]c1ccc(Nc2nc(C(C)(C)C)nc(-c3ccc(C)cc3)c2OCc2ccccc2)cc1. The van der Waals surface area contributed by atoms with E-state index in [4.69, 9.17) is 21.3 Å². The van der Waals surface area contributed by atoms with E-state index in [2.05, 4.69) is 62.1 Å². The van der Waals surface area contributed by atoms with Gasteiger partial charge in [-0.2, -0.15) is 0 Å². The molecule has 4 aromatic rings. The molecular weight excluding hydrogens is 420 g/mol. The third kappa shape index (κ3) is 5.41. The smallest absolute Gasteiger partial charge is 0.188 e. The van der Waals surface area contributed by atoms with Gasteiger partial charge in [-0.05, 0) is 24.6 Å². The normalized spacial score (nSPS) is 11.0. The van der Waals surface area contributed by atoms with E-state index in [1.54, 1.807) is 12.1 Å². The van der Waals surface area contributed by atoms with Crippen molar-refractivity contribution in [2.75, 3.05) is 5.32 Å². The first-order chi connectivity index (χ1) is 16.3. The average Bonchev–Trinajstić information content (AvgIpc) is 2.84. The van der Waals surface area contributed by atoms with E-state index in [1.807, 2.05) is 42.5 Å². The van der Waals surface area contributed by atoms with E-state index in [1.165, 1.54) is 5.56 Å². The van der Waals surface area contributed by atoms with Gasteiger partial charge in [0.25, 0.3) is 0 Å². The Morgan fingerprint density at radius 2 is 1.56 bits per heavy atom. The summed E-state index contributed by atoms with van der Waals surface area (Å²) < 4.78 is 6.39. The van der Waals surface area contributed by atoms with Crippen molar-refractivity contribution >= 4 is 17.2 Å². The van der Waals surface area contributed by atoms with E-state index < -0.39 is 0 Å². The van der Waals surface area contributed by atoms with Gasteiger partial charge in [0.15, 0.2) is 17.3 Å². The number of nitrogens with one attached hydrogen (secondary N) is 1. The number of hydrogen-bond donors (Lipinski definition) is 1. The van der Waals surface area contributed by atoms with Crippen molar-refractivity contribution < 1.29 is 4.74 Å². The van der Waals surface area contributed by atoms with Gasteiger partial charge in [-0.15, -0.1) is 0 Å². The lowest BCUT2D eigenvalue weighted by Crippen LogP contribution is -2.18. The number of ether oxygens (including phenoxy) is 1. The van der Waals surface area contributed by atoms with Crippen LogP contribution in [-0.4, -0.2) is 9.97 Å². The second-order valence-electron chi connectivity index (χ2n) is 9.25. The lowest BCUT2D eigenvalue weighted by molar-refractivity contribution is 0.306. The Morgan fingerprint density at radius 3 is 2.18 bits per heavy atom. The Morgan fingerprint density at radius 1 is 0.882 bits per heavy atom. The molecule has 170 valence electrons. The number of rotatable bonds is 6. The first-order valence-corrected chi connectivity index (χ1v) is 11.2. The monoisotopic (exact) mass is 448 g/mol. The standard InChI is InChI=1S/C29H28N4O/c1-20-11-13-22(14-12-20)25-26(34-19-21-9-7-6-8-10-21)27(33-28(32-25)29(2,3)4)31-24-17-15-23(30-5)16-18-24/h6-18H,19H2,1-4H3,(H,31,32,33). The van der Waals surface area contributed by atoms with Crippen molar-refractivity contribution in [3.8, 4) is 17.0 Å². The number of anilines is 2. The second-order valence-corrected chi connectivity index (χ2v) is 9.25. The Hall–Kier alpha value is -4.17. The molecule has 0 atom stereocenters. The number of aromatic nitrogens is 2. The van der Waals surface area contributed by atoms with Crippen molar-refractivity contribution in [3.05, 3.63) is 107 Å². The number of aryl methyl sites for hydroxylation is 1. The van der Waals surface area contributed by atoms with Gasteiger partial charge in [0.1, 0.15) is 18.1 Å². The van der Waals surface area contributed by atoms with E-state index in [0.717, 1.165) is 28.3 Å². The highest BCUT2D eigenvalue weighted by Gasteiger charge is 2.24. The fraction of sp³-hybridized carbons (Fsp3) is 0.207. The van der Waals surface area contributed by atoms with Crippen LogP contribution in [0.5, 0.6) is 5.75 Å². The van der Waals surface area contributed by atoms with Crippen molar-refractivity contribution in [1.29, 1.82) is 0 Å². The minimum atomic E-state index is -0.262. The van der Waals surface area contributed by atoms with Gasteiger partial charge in [0.2, 0.25) is 0 Å². The molecule has 0 aliphatic carbocycles. The van der Waals surface area contributed by atoms with Gasteiger partial charge in [-0.1, -0.05) is 93.1 Å². The lowest BCUT2D eigenvalue weighted by atomic mass is 9.95. The van der Waals surface area contributed by atoms with E-state index in [-0.39, 0.29) is 5.41 Å². The van der Waals surface area contributed by atoms with Gasteiger partial charge >= 0.3 is 0 Å². The molecule has 0 spiro atoms. The van der Waals surface area contributed by atoms with E-state index >= 15 is 0 Å². The van der Waals surface area contributed by atoms with Gasteiger partial charge in [0, 0.05) is 16.7 Å². The zero-order valence-electron chi connectivity index (χ0n) is 20.0. The quantitative estimate of drug-likeness (QED) is 0.308. The zero-order valence-corrected chi connectivity index (χ0v) is 20.0. The molecule has 5 nitrogen and oxygen atoms in total. The summed E-state index contributed by atoms with van der Waals surface area (Å²) in [6.07, 6.45) is 0. The molecule has 0 saturated heterocycles. The summed E-state index contributed by atoms with van der Waals surface area (Å²) in [6.45, 7) is 16.0. The first kappa shape index (κ1) is 23.0. The molecule has 5 heteroatoms. The van der Waals surface area contributed by atoms with Crippen molar-refractivity contribution in [1.82, 2.24) is 9.97 Å². The predicted molar refractivity (Wildman–Crippen MR) is 138 cm³/mol. The summed E-state index contributed by atoms with van der Waals surface area (Å²) >= 11 is 0. The Kier molecular flexibility index (Phi) is 6.60. The highest BCUT2D eigenvalue weighted by atomic mass is 16.5. The molecule has 1 aromatic heterocycles. The summed E-state index contributed by atoms with van der Waals surface area (Å²) in [5.74, 6) is 1.91. The summed E-state index contributed by atoms with van der Waals surface area (Å²) in [7, 11) is 0. The summed E-state index contributed by atoms with van der Waals surface area (Å²) in [5.41, 5.74) is 5.10. The Bertz CT molecular complexity index is 1300. The van der Waals surface area contributed by atoms with Crippen LogP contribution in [-0.2, 0) is 12.0 Å². The molecule has 1 heterocycles. The molecule has 3 aromatic carbocycles. The number of benzene rings is 3. The van der Waals surface area contributed by atoms with Crippen molar-refractivity contribution in [2.24, 2.45) is 0 Å². The van der Waals surface area contributed by atoms with E-state index in [9.17, 15) is 0 Å². The third-order valence-electron chi connectivity index (χ3n) is 5.35. The first-order valence-electron chi connectivity index (χ1n) is 11.2. The van der Waals surface area contributed by atoms with Crippen LogP contribution in [0.1, 0.15) is 37.7 Å². The van der Waals surface area contributed by atoms with Crippen molar-refractivity contribution in [3.63, 3.8) is 0 Å². The Labute approximate surface area is 201 Å². The van der Waals surface area contributed by atoms with Crippen LogP contribution in [0.4, 0.5) is 17.2 Å². The fourth-order valence-electron chi connectivity index (χ4n) is 3.40. The van der Waals surface area contributed by atoms with Crippen LogP contribution >= 0.6 is 0 Å². The minimum absolute atomic E-state index is 0.262. The maximum Gasteiger partial charge on any atom is 0.188 e. The number of nitrogens with zero attached hydrogens (tertiary/aromatic N) is 3. The lowest BCUT2D eigenvalue weighted by Gasteiger charge is -2.22. The van der Waals surface area contributed by atoms with Crippen LogP contribution in [0.3, 0.4) is 0 Å². The molecule has 0 unspecified atom stereocenters. The highest BCUT2D eigenvalue weighted by molar-refractivity contribution is 5.76. The molecule has 0 bridgehead atoms. The molecule has 0 amide bonds. The molecule has 34 heavy (non-hydrogen) atoms. The van der Waals surface area contributed by atoms with Gasteiger partial charge < -0.3 is 10.1 Å². The van der Waals surface area contributed by atoms with Gasteiger partial charge in [0.05, 0.1) is 6.57 Å². The summed E-state index contributed by atoms with van der Waals surface area (Å²) in [4.78, 5) is 13.3. The van der Waals surface area contributed by atoms with Crippen LogP contribution in [0.25, 0.3) is 16.1 Å². The minimum Gasteiger partial charge on any atom is -0.483 e. The topological polar surface area (TPSA) is 51.4 Å². The molecule has 0 aliphatic rings. The predicted octanol–water partition coefficient (Wildman–Crippen LogP) is 7.62. The van der Waals surface area contributed by atoms with Crippen LogP contribution in [0.2, 0.25) is 0 Å². The molecular formula is C29H28N4O. The Balaban J connectivity index is 1.85. The summed E-state index contributed by atoms with van der Waals surface area (Å²) in [6, 6.07) is 25.6. The largest absolute Gasteiger partial charge is 0.483 e. The van der Waals surface area contributed by atoms with Crippen LogP contribution < -0.4 is 10.1 Å². The fourth-order valence-corrected chi connectivity index (χ4v) is 3.40. The van der Waals surface area contributed by atoms with Crippen LogP contribution in [0.15, 0.2) is 78.9 Å². The van der Waals surface area contributed by atoms with Crippen molar-refractivity contribution in [2.45, 2.75) is 39.7 Å². The zero-order chi connectivity index (χ0) is 24.1.